The van der Waals surface area contributed by atoms with Crippen LogP contribution in [-0.2, 0) is 0 Å². The SMILES string of the molecule is CCCOc1c(/C=N\n2c(-c3ccccc3)n[nH]c2=S)cccc1OC. The van der Waals surface area contributed by atoms with E-state index < -0.39 is 0 Å². The van der Waals surface area contributed by atoms with Crippen molar-refractivity contribution in [1.29, 1.82) is 0 Å². The van der Waals surface area contributed by atoms with Gasteiger partial charge in [-0.1, -0.05) is 43.3 Å². The summed E-state index contributed by atoms with van der Waals surface area (Å²) in [4.78, 5) is 0. The molecule has 1 N–H and O–H groups in total. The zero-order chi connectivity index (χ0) is 18.4. The van der Waals surface area contributed by atoms with Crippen LogP contribution in [0.5, 0.6) is 11.5 Å². The van der Waals surface area contributed by atoms with Crippen LogP contribution in [-0.4, -0.2) is 34.8 Å². The van der Waals surface area contributed by atoms with Crippen molar-refractivity contribution in [3.8, 4) is 22.9 Å². The van der Waals surface area contributed by atoms with Crippen LogP contribution in [0.15, 0.2) is 53.6 Å². The first-order valence-corrected chi connectivity index (χ1v) is 8.72. The second kappa shape index (κ2) is 8.44. The molecular formula is C19H20N4O2S. The van der Waals surface area contributed by atoms with Crippen molar-refractivity contribution in [2.45, 2.75) is 13.3 Å². The molecule has 0 aliphatic carbocycles. The highest BCUT2D eigenvalue weighted by molar-refractivity contribution is 7.71. The van der Waals surface area contributed by atoms with Gasteiger partial charge in [-0.05, 0) is 30.8 Å². The molecule has 3 rings (SSSR count). The van der Waals surface area contributed by atoms with Gasteiger partial charge in [-0.3, -0.25) is 0 Å². The lowest BCUT2D eigenvalue weighted by atomic mass is 10.2. The summed E-state index contributed by atoms with van der Waals surface area (Å²) in [5, 5.41) is 11.6. The molecule has 0 saturated heterocycles. The second-order valence-corrected chi connectivity index (χ2v) is 5.89. The Labute approximate surface area is 157 Å². The molecule has 0 aliphatic heterocycles. The summed E-state index contributed by atoms with van der Waals surface area (Å²) < 4.78 is 13.3. The zero-order valence-corrected chi connectivity index (χ0v) is 15.5. The third kappa shape index (κ3) is 3.83. The van der Waals surface area contributed by atoms with Gasteiger partial charge in [0.05, 0.1) is 19.9 Å². The first-order chi connectivity index (χ1) is 12.7. The van der Waals surface area contributed by atoms with Crippen molar-refractivity contribution in [2.24, 2.45) is 5.10 Å². The Balaban J connectivity index is 1.99. The Hall–Kier alpha value is -2.93. The summed E-state index contributed by atoms with van der Waals surface area (Å²) in [6, 6.07) is 15.4. The van der Waals surface area contributed by atoms with Crippen LogP contribution in [0.4, 0.5) is 0 Å². The molecule has 3 aromatic rings. The molecule has 26 heavy (non-hydrogen) atoms. The molecule has 2 aromatic carbocycles. The minimum absolute atomic E-state index is 0.416. The van der Waals surface area contributed by atoms with E-state index in [2.05, 4.69) is 22.2 Å². The number of aromatic nitrogens is 3. The number of methoxy groups -OCH3 is 1. The largest absolute Gasteiger partial charge is 0.493 e. The normalized spacial score (nSPS) is 11.0. The van der Waals surface area contributed by atoms with E-state index >= 15 is 0 Å². The minimum Gasteiger partial charge on any atom is -0.493 e. The Kier molecular flexibility index (Phi) is 5.80. The Morgan fingerprint density at radius 2 is 2.00 bits per heavy atom. The molecular weight excluding hydrogens is 348 g/mol. The number of hydrogen-bond acceptors (Lipinski definition) is 5. The molecule has 1 heterocycles. The third-order valence-corrected chi connectivity index (χ3v) is 3.94. The van der Waals surface area contributed by atoms with Crippen molar-refractivity contribution in [2.75, 3.05) is 13.7 Å². The fourth-order valence-corrected chi connectivity index (χ4v) is 2.63. The van der Waals surface area contributed by atoms with Crippen molar-refractivity contribution in [3.05, 3.63) is 58.9 Å². The van der Waals surface area contributed by atoms with Gasteiger partial charge in [0.2, 0.25) is 4.77 Å². The van der Waals surface area contributed by atoms with Crippen LogP contribution in [0.25, 0.3) is 11.4 Å². The van der Waals surface area contributed by atoms with Crippen LogP contribution in [0, 0.1) is 4.77 Å². The average Bonchev–Trinajstić information content (AvgIpc) is 3.06. The summed E-state index contributed by atoms with van der Waals surface area (Å²) >= 11 is 5.31. The number of para-hydroxylation sites is 1. The van der Waals surface area contributed by atoms with E-state index in [9.17, 15) is 0 Å². The van der Waals surface area contributed by atoms with E-state index in [1.54, 1.807) is 18.0 Å². The number of aromatic amines is 1. The van der Waals surface area contributed by atoms with Crippen molar-refractivity contribution in [3.63, 3.8) is 0 Å². The fourth-order valence-electron chi connectivity index (χ4n) is 2.45. The maximum absolute atomic E-state index is 5.85. The molecule has 0 spiro atoms. The number of nitrogens with zero attached hydrogens (tertiary/aromatic N) is 3. The van der Waals surface area contributed by atoms with Crippen LogP contribution >= 0.6 is 12.2 Å². The topological polar surface area (TPSA) is 64.4 Å². The first-order valence-electron chi connectivity index (χ1n) is 8.31. The van der Waals surface area contributed by atoms with E-state index in [4.69, 9.17) is 21.7 Å². The number of hydrogen-bond donors (Lipinski definition) is 1. The zero-order valence-electron chi connectivity index (χ0n) is 14.7. The fraction of sp³-hybridized carbons (Fsp3) is 0.211. The predicted octanol–water partition coefficient (Wildman–Crippen LogP) is 4.29. The van der Waals surface area contributed by atoms with E-state index in [1.165, 1.54) is 0 Å². The quantitative estimate of drug-likeness (QED) is 0.499. The molecule has 1 aromatic heterocycles. The van der Waals surface area contributed by atoms with E-state index in [0.29, 0.717) is 28.7 Å². The van der Waals surface area contributed by atoms with Crippen molar-refractivity contribution < 1.29 is 9.47 Å². The molecule has 0 unspecified atom stereocenters. The monoisotopic (exact) mass is 368 g/mol. The smallest absolute Gasteiger partial charge is 0.216 e. The van der Waals surface area contributed by atoms with Gasteiger partial charge in [0, 0.05) is 11.1 Å². The van der Waals surface area contributed by atoms with Gasteiger partial charge in [-0.25, -0.2) is 5.10 Å². The highest BCUT2D eigenvalue weighted by Gasteiger charge is 2.11. The van der Waals surface area contributed by atoms with Gasteiger partial charge in [-0.2, -0.15) is 14.9 Å². The van der Waals surface area contributed by atoms with Gasteiger partial charge < -0.3 is 9.47 Å². The second-order valence-electron chi connectivity index (χ2n) is 5.50. The van der Waals surface area contributed by atoms with Gasteiger partial charge in [-0.15, -0.1) is 0 Å². The molecule has 6 nitrogen and oxygen atoms in total. The van der Waals surface area contributed by atoms with Gasteiger partial charge >= 0.3 is 0 Å². The van der Waals surface area contributed by atoms with Crippen LogP contribution in [0.2, 0.25) is 0 Å². The van der Waals surface area contributed by atoms with Crippen molar-refractivity contribution in [1.82, 2.24) is 14.9 Å². The molecule has 0 amide bonds. The Bertz CT molecular complexity index is 948. The lowest BCUT2D eigenvalue weighted by Gasteiger charge is -2.12. The average molecular weight is 368 g/mol. The Morgan fingerprint density at radius 3 is 2.73 bits per heavy atom. The standard InChI is InChI=1S/C19H20N4O2S/c1-3-12-25-17-15(10-7-11-16(17)24-2)13-20-23-18(21-22-19(23)26)14-8-5-4-6-9-14/h4-11,13H,3,12H2,1-2H3,(H,22,26)/b20-13-. The molecule has 134 valence electrons. The van der Waals surface area contributed by atoms with Gasteiger partial charge in [0.25, 0.3) is 0 Å². The molecule has 0 radical (unpaired) electrons. The lowest BCUT2D eigenvalue weighted by Crippen LogP contribution is -2.02. The summed E-state index contributed by atoms with van der Waals surface area (Å²) in [5.74, 6) is 1.98. The molecule has 0 aliphatic rings. The molecule has 0 saturated carbocycles. The van der Waals surface area contributed by atoms with Gasteiger partial charge in [0.1, 0.15) is 0 Å². The molecule has 0 bridgehead atoms. The first kappa shape index (κ1) is 17.9. The maximum Gasteiger partial charge on any atom is 0.216 e. The summed E-state index contributed by atoms with van der Waals surface area (Å²) in [6.45, 7) is 2.65. The van der Waals surface area contributed by atoms with E-state index in [0.717, 1.165) is 17.5 Å². The third-order valence-electron chi connectivity index (χ3n) is 3.67. The van der Waals surface area contributed by atoms with E-state index in [-0.39, 0.29) is 0 Å². The van der Waals surface area contributed by atoms with E-state index in [1.807, 2.05) is 48.5 Å². The number of benzene rings is 2. The van der Waals surface area contributed by atoms with Crippen LogP contribution in [0.3, 0.4) is 0 Å². The van der Waals surface area contributed by atoms with Crippen molar-refractivity contribution >= 4 is 18.4 Å². The number of nitrogens with one attached hydrogen (secondary N) is 1. The molecule has 0 fully saturated rings. The summed E-state index contributed by atoms with van der Waals surface area (Å²) in [6.07, 6.45) is 2.60. The highest BCUT2D eigenvalue weighted by atomic mass is 32.1. The maximum atomic E-state index is 5.85. The number of ether oxygens (including phenoxy) is 2. The van der Waals surface area contributed by atoms with Crippen LogP contribution < -0.4 is 9.47 Å². The number of H-pyrrole nitrogens is 1. The predicted molar refractivity (Wildman–Crippen MR) is 105 cm³/mol. The highest BCUT2D eigenvalue weighted by Crippen LogP contribution is 2.30. The van der Waals surface area contributed by atoms with Gasteiger partial charge in [0.15, 0.2) is 17.3 Å². The summed E-state index contributed by atoms with van der Waals surface area (Å²) in [7, 11) is 1.62. The molecule has 7 heteroatoms. The number of rotatable bonds is 7. The minimum atomic E-state index is 0.416. The van der Waals surface area contributed by atoms with Crippen LogP contribution in [0.1, 0.15) is 18.9 Å². The molecule has 0 atom stereocenters. The lowest BCUT2D eigenvalue weighted by molar-refractivity contribution is 0.294. The summed E-state index contributed by atoms with van der Waals surface area (Å²) in [5.41, 5.74) is 1.73. The Morgan fingerprint density at radius 1 is 1.19 bits per heavy atom.